The minimum Gasteiger partial charge on any atom is -0.109 e. The first-order valence-electron chi connectivity index (χ1n) is 0.728. The molecule has 0 amide bonds. The summed E-state index contributed by atoms with van der Waals surface area (Å²) >= 11 is 5.21. The highest BCUT2D eigenvalue weighted by atomic mass is 35.7. The highest BCUT2D eigenvalue weighted by Crippen LogP contribution is 2.46. The lowest BCUT2D eigenvalue weighted by molar-refractivity contribution is 5.01. The summed E-state index contributed by atoms with van der Waals surface area (Å²) in [5, 5.41) is 0. The summed E-state index contributed by atoms with van der Waals surface area (Å²) in [5.41, 5.74) is 0. The molecule has 0 N–H and O–H groups in total. The highest BCUT2D eigenvalue weighted by Gasteiger charge is 1.57. The molecule has 0 aromatic heterocycles. The van der Waals surface area contributed by atoms with Crippen LogP contribution in [0.4, 0.5) is 0 Å². The summed E-state index contributed by atoms with van der Waals surface area (Å²) in [6, 6.07) is 0. The van der Waals surface area contributed by atoms with E-state index in [0.717, 1.165) is 7.96 Å². The quantitative estimate of drug-likeness (QED) is 0.480. The Morgan fingerprint density at radius 3 is 2.00 bits per heavy atom. The largest absolute Gasteiger partial charge is 0.109 e. The van der Waals surface area contributed by atoms with Gasteiger partial charge in [-0.15, -0.1) is 8.93 Å². The third kappa shape index (κ3) is 3.58. The average Bonchev–Trinajstić information content (AvgIpc) is 1.37. The van der Waals surface area contributed by atoms with Crippen molar-refractivity contribution in [3.63, 3.8) is 0 Å². The lowest BCUT2D eigenvalue weighted by Gasteiger charge is -1.67. The maximum atomic E-state index is 5.21. The van der Waals surface area contributed by atoms with E-state index in [0.29, 0.717) is 7.62 Å². The van der Waals surface area contributed by atoms with Crippen LogP contribution in [0.25, 0.3) is 0 Å². The van der Waals surface area contributed by atoms with Gasteiger partial charge in [-0.3, -0.25) is 0 Å². The van der Waals surface area contributed by atoms with Crippen molar-refractivity contribution < 1.29 is 0 Å². The number of halogens is 1. The Hall–Kier alpha value is 1.58. The Morgan fingerprint density at radius 1 is 1.75 bits per heavy atom. The monoisotopic (exact) mass is 132 g/mol. The van der Waals surface area contributed by atoms with Gasteiger partial charge < -0.3 is 0 Å². The van der Waals surface area contributed by atoms with Crippen LogP contribution in [0.1, 0.15) is 0 Å². The van der Waals surface area contributed by atoms with E-state index in [-0.39, 0.29) is 0 Å². The number of hydrogen-bond acceptors (Lipinski definition) is 0. The first-order chi connectivity index (χ1) is 1.91. The van der Waals surface area contributed by atoms with Crippen LogP contribution in [0.15, 0.2) is 0 Å². The average molecular weight is 132 g/mol. The van der Waals surface area contributed by atoms with Crippen molar-refractivity contribution in [2.45, 2.75) is 0 Å². The summed E-state index contributed by atoms with van der Waals surface area (Å²) in [5.74, 6) is 0. The maximum absolute atomic E-state index is 5.21. The minimum atomic E-state index is 0.603. The van der Waals surface area contributed by atoms with E-state index in [9.17, 15) is 0 Å². The van der Waals surface area contributed by atoms with Gasteiger partial charge in [-0.05, 0) is 0 Å². The van der Waals surface area contributed by atoms with Gasteiger partial charge in [0.05, 0.1) is 0 Å². The fourth-order valence-electron chi connectivity index (χ4n) is 0. The summed E-state index contributed by atoms with van der Waals surface area (Å²) in [6.45, 7) is 0. The van der Waals surface area contributed by atoms with Crippen LogP contribution in [0.2, 0.25) is 0 Å². The Labute approximate surface area is 36.4 Å². The molecule has 0 heterocycles. The van der Waals surface area contributed by atoms with Crippen molar-refractivity contribution in [2.75, 3.05) is 0 Å². The Bertz CT molecular complexity index is 5.25. The summed E-state index contributed by atoms with van der Waals surface area (Å²) in [4.78, 5) is 0. The molecule has 0 saturated carbocycles. The molecule has 0 rings (SSSR count). The molecule has 0 aliphatic rings. The third-order valence-electron chi connectivity index (χ3n) is 0.0546. The lowest BCUT2D eigenvalue weighted by Crippen LogP contribution is -0.782. The predicted molar refractivity (Wildman–Crippen MR) is 32.2 cm³/mol. The van der Waals surface area contributed by atoms with E-state index in [1.54, 1.807) is 0 Å². The molecule has 3 atom stereocenters. The van der Waals surface area contributed by atoms with Crippen molar-refractivity contribution in [1.82, 2.24) is 0 Å². The fraction of sp³-hybridized carbons (Fsp3) is 0. The van der Waals surface area contributed by atoms with Crippen molar-refractivity contribution in [1.29, 1.82) is 0 Å². The van der Waals surface area contributed by atoms with Crippen LogP contribution >= 0.6 is 35.7 Å². The van der Waals surface area contributed by atoms with Crippen molar-refractivity contribution in [3.05, 3.63) is 0 Å². The van der Waals surface area contributed by atoms with Crippen LogP contribution in [0.5, 0.6) is 0 Å². The first kappa shape index (κ1) is 5.58. The second kappa shape index (κ2) is 4.58. The van der Waals surface area contributed by atoms with Crippen molar-refractivity contribution >= 4 is 35.7 Å². The molecule has 0 saturated heterocycles. The zero-order valence-electron chi connectivity index (χ0n) is 1.96. The fourth-order valence-corrected chi connectivity index (χ4v) is 0. The Morgan fingerprint density at radius 2 is 2.00 bits per heavy atom. The molecule has 4 heteroatoms. The van der Waals surface area contributed by atoms with Gasteiger partial charge in [-0.1, -0.05) is 19.2 Å². The van der Waals surface area contributed by atoms with Crippen LogP contribution in [-0.4, -0.2) is 0 Å². The smallest absolute Gasteiger partial charge is 0.00125 e. The normalized spacial score (nSPS) is 13.5. The van der Waals surface area contributed by atoms with E-state index in [2.05, 4.69) is 8.93 Å². The van der Waals surface area contributed by atoms with Gasteiger partial charge in [0.25, 0.3) is 0 Å². The molecular formula is H4ClP3. The van der Waals surface area contributed by atoms with E-state index < -0.39 is 0 Å². The lowest BCUT2D eigenvalue weighted by atomic mass is 29.5. The highest BCUT2D eigenvalue weighted by molar-refractivity contribution is 8.45. The molecule has 0 radical (unpaired) electrons. The van der Waals surface area contributed by atoms with Gasteiger partial charge in [0.15, 0.2) is 0 Å². The zero-order valence-corrected chi connectivity index (χ0v) is 5.87. The molecule has 0 aliphatic carbocycles. The van der Waals surface area contributed by atoms with Crippen LogP contribution < -0.4 is 0 Å². The minimum absolute atomic E-state index is 0.603. The topological polar surface area (TPSA) is 0 Å². The van der Waals surface area contributed by atoms with Crippen LogP contribution in [0.3, 0.4) is 0 Å². The molecule has 0 aromatic rings. The van der Waals surface area contributed by atoms with Crippen molar-refractivity contribution in [2.24, 2.45) is 0 Å². The summed E-state index contributed by atoms with van der Waals surface area (Å²) in [6.07, 6.45) is 0. The van der Waals surface area contributed by atoms with E-state index in [1.807, 2.05) is 0 Å². The zero-order chi connectivity index (χ0) is 3.41. The van der Waals surface area contributed by atoms with Gasteiger partial charge in [-0.25, -0.2) is 0 Å². The van der Waals surface area contributed by atoms with Gasteiger partial charge in [0, 0.05) is 7.62 Å². The van der Waals surface area contributed by atoms with Gasteiger partial charge in [-0.2, -0.15) is 0 Å². The number of hydrogen-bond donors (Lipinski definition) is 0. The second-order valence-corrected chi connectivity index (χ2v) is 6.45. The van der Waals surface area contributed by atoms with Gasteiger partial charge in [0.1, 0.15) is 0 Å². The first-order valence-corrected chi connectivity index (χ1v) is 6.55. The van der Waals surface area contributed by atoms with E-state index in [4.69, 9.17) is 11.2 Å². The van der Waals surface area contributed by atoms with Crippen LogP contribution in [0, 0.1) is 0 Å². The van der Waals surface area contributed by atoms with Crippen LogP contribution in [-0.2, 0) is 0 Å². The maximum Gasteiger partial charge on any atom is 0.00125 e. The molecule has 0 spiro atoms. The molecule has 0 fully saturated rings. The third-order valence-corrected chi connectivity index (χ3v) is 4.42. The molecule has 4 heavy (non-hydrogen) atoms. The Balaban J connectivity index is 1.97. The molecule has 0 aromatic carbocycles. The van der Waals surface area contributed by atoms with E-state index in [1.165, 1.54) is 0 Å². The predicted octanol–water partition coefficient (Wildman–Crippen LogP) is 2.20. The van der Waals surface area contributed by atoms with Gasteiger partial charge in [0.2, 0.25) is 0 Å². The van der Waals surface area contributed by atoms with Gasteiger partial charge >= 0.3 is 0 Å². The molecule has 0 bridgehead atoms. The summed E-state index contributed by atoms with van der Waals surface area (Å²) < 4.78 is 0. The molecule has 0 aliphatic heterocycles. The second-order valence-electron chi connectivity index (χ2n) is 0.239. The van der Waals surface area contributed by atoms with E-state index >= 15 is 0 Å². The summed E-state index contributed by atoms with van der Waals surface area (Å²) in [7, 11) is 4.02. The number of rotatable bonds is 1. The molecular weight excluding hydrogens is 128 g/mol. The SMILES string of the molecule is PPPCl. The standard InChI is InChI=1S/ClH4P3/c1-3-4-2/h3-4H,2H2. The molecule has 3 unspecified atom stereocenters. The molecule has 26 valence electrons. The Kier molecular flexibility index (Phi) is 6.39. The van der Waals surface area contributed by atoms with Crippen molar-refractivity contribution in [3.8, 4) is 0 Å². The molecule has 0 nitrogen and oxygen atoms in total.